The van der Waals surface area contributed by atoms with E-state index in [9.17, 15) is 26.5 Å². The van der Waals surface area contributed by atoms with Crippen LogP contribution in [0.5, 0.6) is 17.2 Å². The summed E-state index contributed by atoms with van der Waals surface area (Å²) in [4.78, 5) is 0. The molecule has 0 saturated carbocycles. The van der Waals surface area contributed by atoms with E-state index in [2.05, 4.69) is 0 Å². The minimum Gasteiger partial charge on any atom is -0.504 e. The van der Waals surface area contributed by atoms with Crippen molar-refractivity contribution in [1.82, 2.24) is 0 Å². The number of hydrogen-bond acceptors (Lipinski definition) is 7. The van der Waals surface area contributed by atoms with Crippen molar-refractivity contribution < 1.29 is 40.5 Å². The summed E-state index contributed by atoms with van der Waals surface area (Å²) in [5.41, 5.74) is 1.98. The molecule has 0 aliphatic carbocycles. The van der Waals surface area contributed by atoms with Gasteiger partial charge in [-0.25, -0.2) is 0 Å². The first-order valence-corrected chi connectivity index (χ1v) is 13.0. The van der Waals surface area contributed by atoms with Gasteiger partial charge in [0.2, 0.25) is 0 Å². The van der Waals surface area contributed by atoms with Crippen molar-refractivity contribution in [2.24, 2.45) is 5.92 Å². The molecule has 2 rings (SSSR count). The number of methoxy groups -OCH3 is 2. The number of phenols is 1. The van der Waals surface area contributed by atoms with Crippen molar-refractivity contribution >= 4 is 20.2 Å². The number of aryl methyl sites for hydroxylation is 1. The number of hydrogen-bond donors (Lipinski definition) is 3. The Labute approximate surface area is 188 Å². The SMILES string of the molecule is COc1cc(CCCS(=O)(=O)O)ccc1CC(Cc1cccc(OC)c1O)CS(=O)(=O)O. The van der Waals surface area contributed by atoms with Gasteiger partial charge in [0.1, 0.15) is 5.75 Å². The highest BCUT2D eigenvalue weighted by Crippen LogP contribution is 2.33. The molecule has 3 N–H and O–H groups in total. The number of rotatable bonds is 12. The van der Waals surface area contributed by atoms with Crippen LogP contribution in [0.25, 0.3) is 0 Å². The fraction of sp³-hybridized carbons (Fsp3) is 0.429. The Morgan fingerprint density at radius 2 is 1.53 bits per heavy atom. The van der Waals surface area contributed by atoms with E-state index in [0.717, 1.165) is 5.56 Å². The lowest BCUT2D eigenvalue weighted by atomic mass is 9.92. The third kappa shape index (κ3) is 8.30. The monoisotopic (exact) mass is 488 g/mol. The number of benzene rings is 2. The predicted octanol–water partition coefficient (Wildman–Crippen LogP) is 2.52. The highest BCUT2D eigenvalue weighted by Gasteiger charge is 2.22. The molecule has 178 valence electrons. The Balaban J connectivity index is 2.25. The van der Waals surface area contributed by atoms with Gasteiger partial charge in [-0.3, -0.25) is 9.11 Å². The smallest absolute Gasteiger partial charge is 0.265 e. The normalized spacial score (nSPS) is 13.0. The van der Waals surface area contributed by atoms with Crippen molar-refractivity contribution in [1.29, 1.82) is 0 Å². The summed E-state index contributed by atoms with van der Waals surface area (Å²) in [5.74, 6) is -0.760. The van der Waals surface area contributed by atoms with Gasteiger partial charge >= 0.3 is 0 Å². The molecule has 0 aliphatic rings. The zero-order chi connectivity index (χ0) is 23.9. The molecule has 0 radical (unpaired) electrons. The molecule has 0 aromatic heterocycles. The van der Waals surface area contributed by atoms with Gasteiger partial charge in [-0.2, -0.15) is 16.8 Å². The summed E-state index contributed by atoms with van der Waals surface area (Å²) in [7, 11) is -5.43. The second-order valence-corrected chi connectivity index (χ2v) is 10.6. The molecular weight excluding hydrogens is 460 g/mol. The van der Waals surface area contributed by atoms with E-state index in [4.69, 9.17) is 14.0 Å². The predicted molar refractivity (Wildman–Crippen MR) is 120 cm³/mol. The molecule has 1 unspecified atom stereocenters. The highest BCUT2D eigenvalue weighted by molar-refractivity contribution is 7.86. The fourth-order valence-corrected chi connectivity index (χ4v) is 4.92. The van der Waals surface area contributed by atoms with Gasteiger partial charge in [0.05, 0.1) is 25.7 Å². The van der Waals surface area contributed by atoms with Gasteiger partial charge in [0.25, 0.3) is 20.2 Å². The first kappa shape index (κ1) is 25.9. The van der Waals surface area contributed by atoms with Gasteiger partial charge in [0.15, 0.2) is 11.5 Å². The van der Waals surface area contributed by atoms with Crippen LogP contribution < -0.4 is 9.47 Å². The maximum absolute atomic E-state index is 11.6. The topological polar surface area (TPSA) is 147 Å². The van der Waals surface area contributed by atoms with E-state index in [1.165, 1.54) is 14.2 Å². The molecule has 1 atom stereocenters. The second-order valence-electron chi connectivity index (χ2n) is 7.53. The maximum Gasteiger partial charge on any atom is 0.265 e. The van der Waals surface area contributed by atoms with Crippen LogP contribution in [0.2, 0.25) is 0 Å². The Morgan fingerprint density at radius 1 is 0.875 bits per heavy atom. The largest absolute Gasteiger partial charge is 0.504 e. The van der Waals surface area contributed by atoms with Crippen LogP contribution in [0, 0.1) is 5.92 Å². The Kier molecular flexibility index (Phi) is 8.90. The van der Waals surface area contributed by atoms with Crippen LogP contribution in [0.3, 0.4) is 0 Å². The Morgan fingerprint density at radius 3 is 2.12 bits per heavy atom. The van der Waals surface area contributed by atoms with Crippen LogP contribution in [-0.4, -0.2) is 56.8 Å². The van der Waals surface area contributed by atoms with Crippen LogP contribution >= 0.6 is 0 Å². The van der Waals surface area contributed by atoms with E-state index in [0.29, 0.717) is 23.3 Å². The first-order valence-electron chi connectivity index (χ1n) is 9.82. The number of aromatic hydroxyl groups is 1. The average Bonchev–Trinajstić information content (AvgIpc) is 2.68. The first-order chi connectivity index (χ1) is 14.9. The molecule has 32 heavy (non-hydrogen) atoms. The lowest BCUT2D eigenvalue weighted by molar-refractivity contribution is 0.368. The lowest BCUT2D eigenvalue weighted by Gasteiger charge is -2.19. The molecule has 0 bridgehead atoms. The zero-order valence-electron chi connectivity index (χ0n) is 17.9. The summed E-state index contributed by atoms with van der Waals surface area (Å²) in [6, 6.07) is 10.2. The molecule has 0 spiro atoms. The van der Waals surface area contributed by atoms with Gasteiger partial charge in [-0.1, -0.05) is 24.3 Å². The molecular formula is C21H28O9S2. The summed E-state index contributed by atoms with van der Waals surface area (Å²) in [6.45, 7) is 0. The minimum absolute atomic E-state index is 0.0866. The van der Waals surface area contributed by atoms with E-state index < -0.39 is 31.9 Å². The van der Waals surface area contributed by atoms with E-state index in [-0.39, 0.29) is 36.5 Å². The molecule has 0 amide bonds. The molecule has 9 nitrogen and oxygen atoms in total. The quantitative estimate of drug-likeness (QED) is 0.383. The molecule has 0 fully saturated rings. The minimum atomic E-state index is -4.28. The highest BCUT2D eigenvalue weighted by atomic mass is 32.2. The third-order valence-corrected chi connectivity index (χ3v) is 6.68. The van der Waals surface area contributed by atoms with Crippen LogP contribution in [0.1, 0.15) is 23.1 Å². The molecule has 0 saturated heterocycles. The summed E-state index contributed by atoms with van der Waals surface area (Å²) < 4.78 is 73.8. The van der Waals surface area contributed by atoms with Crippen molar-refractivity contribution in [3.8, 4) is 17.2 Å². The third-order valence-electron chi connectivity index (χ3n) is 4.99. The van der Waals surface area contributed by atoms with Crippen molar-refractivity contribution in [3.63, 3.8) is 0 Å². The molecule has 0 heterocycles. The average molecular weight is 489 g/mol. The lowest BCUT2D eigenvalue weighted by Crippen LogP contribution is -2.20. The maximum atomic E-state index is 11.6. The zero-order valence-corrected chi connectivity index (χ0v) is 19.5. The number of para-hydroxylation sites is 1. The van der Waals surface area contributed by atoms with E-state index in [1.807, 2.05) is 0 Å². The summed E-state index contributed by atoms with van der Waals surface area (Å²) in [5, 5.41) is 10.4. The van der Waals surface area contributed by atoms with Crippen molar-refractivity contribution in [2.45, 2.75) is 25.7 Å². The van der Waals surface area contributed by atoms with Crippen LogP contribution in [0.15, 0.2) is 36.4 Å². The van der Waals surface area contributed by atoms with Gasteiger partial charge in [-0.05, 0) is 60.4 Å². The molecule has 11 heteroatoms. The molecule has 0 aliphatic heterocycles. The van der Waals surface area contributed by atoms with Crippen molar-refractivity contribution in [2.75, 3.05) is 25.7 Å². The summed E-state index contributed by atoms with van der Waals surface area (Å²) >= 11 is 0. The number of ether oxygens (including phenoxy) is 2. The van der Waals surface area contributed by atoms with E-state index >= 15 is 0 Å². The standard InChI is InChI=1S/C21H28O9S2/c1-29-19-7-3-6-18(21(19)22)12-16(14-32(26,27)28)11-17-9-8-15(13-20(17)30-2)5-4-10-31(23,24)25/h3,6-9,13,16,22H,4-5,10-12,14H2,1-2H3,(H,23,24,25)(H,26,27,28). The fourth-order valence-electron chi connectivity index (χ4n) is 3.58. The Hall–Kier alpha value is -2.34. The van der Waals surface area contributed by atoms with E-state index in [1.54, 1.807) is 36.4 Å². The second kappa shape index (κ2) is 11.0. The van der Waals surface area contributed by atoms with Crippen LogP contribution in [0.4, 0.5) is 0 Å². The van der Waals surface area contributed by atoms with Crippen molar-refractivity contribution in [3.05, 3.63) is 53.1 Å². The number of phenolic OH excluding ortho intramolecular Hbond substituents is 1. The van der Waals surface area contributed by atoms with Gasteiger partial charge in [0, 0.05) is 0 Å². The summed E-state index contributed by atoms with van der Waals surface area (Å²) in [6.07, 6.45) is 1.05. The molecule has 2 aromatic carbocycles. The Bertz CT molecular complexity index is 1130. The van der Waals surface area contributed by atoms with Gasteiger partial charge in [-0.15, -0.1) is 0 Å². The van der Waals surface area contributed by atoms with Crippen LogP contribution in [-0.2, 0) is 39.5 Å². The van der Waals surface area contributed by atoms with Gasteiger partial charge < -0.3 is 14.6 Å². The molecule has 2 aromatic rings.